The molecule has 0 radical (unpaired) electrons. The Morgan fingerprint density at radius 1 is 0.423 bits per heavy atom. The quantitative estimate of drug-likeness (QED) is 0.392. The summed E-state index contributed by atoms with van der Waals surface area (Å²) in [6, 6.07) is 35.6. The lowest BCUT2D eigenvalue weighted by Gasteiger charge is -2.16. The van der Waals surface area contributed by atoms with E-state index in [1.807, 2.05) is 97.1 Å². The summed E-state index contributed by atoms with van der Waals surface area (Å²) in [4.78, 5) is 0. The van der Waals surface area contributed by atoms with Gasteiger partial charge in [-0.3, -0.25) is 0 Å². The summed E-state index contributed by atoms with van der Waals surface area (Å²) in [5, 5.41) is 0. The molecule has 0 saturated carbocycles. The summed E-state index contributed by atoms with van der Waals surface area (Å²) in [7, 11) is 0. The second-order valence-corrected chi connectivity index (χ2v) is 5.83. The molecule has 0 aliphatic rings. The van der Waals surface area contributed by atoms with Crippen molar-refractivity contribution in [3.63, 3.8) is 0 Å². The Bertz CT molecular complexity index is 965. The standard InChI is InChI=1S/C24H18O2/c1-4-11-19(12-5-1)22-17-10-18-23(25-20-13-6-2-7-14-20)24(22)26-21-15-8-3-9-16-21/h1-18H. The minimum atomic E-state index is 0.682. The van der Waals surface area contributed by atoms with E-state index in [0.29, 0.717) is 11.5 Å². The molecule has 26 heavy (non-hydrogen) atoms. The maximum Gasteiger partial charge on any atom is 0.177 e. The topological polar surface area (TPSA) is 18.5 Å². The zero-order chi connectivity index (χ0) is 17.6. The molecule has 0 amide bonds. The molecule has 0 aromatic heterocycles. The molecule has 0 fully saturated rings. The SMILES string of the molecule is c1ccc(Oc2cccc(-c3ccccc3)c2Oc2ccccc2)cc1. The molecule has 4 aromatic rings. The first-order chi connectivity index (χ1) is 12.9. The predicted molar refractivity (Wildman–Crippen MR) is 105 cm³/mol. The van der Waals surface area contributed by atoms with Gasteiger partial charge in [0.15, 0.2) is 11.5 Å². The molecule has 0 N–H and O–H groups in total. The fourth-order valence-corrected chi connectivity index (χ4v) is 2.77. The second kappa shape index (κ2) is 7.58. The Kier molecular flexibility index (Phi) is 4.66. The van der Waals surface area contributed by atoms with E-state index in [1.54, 1.807) is 0 Å². The van der Waals surface area contributed by atoms with Crippen LogP contribution in [0.4, 0.5) is 0 Å². The van der Waals surface area contributed by atoms with Crippen LogP contribution in [0.1, 0.15) is 0 Å². The monoisotopic (exact) mass is 338 g/mol. The first-order valence-corrected chi connectivity index (χ1v) is 8.54. The lowest BCUT2D eigenvalue weighted by atomic mass is 10.0. The van der Waals surface area contributed by atoms with Crippen LogP contribution in [0.15, 0.2) is 109 Å². The van der Waals surface area contributed by atoms with Gasteiger partial charge in [0.2, 0.25) is 0 Å². The largest absolute Gasteiger partial charge is 0.453 e. The number of rotatable bonds is 5. The number of ether oxygens (including phenoxy) is 2. The second-order valence-electron chi connectivity index (χ2n) is 5.83. The van der Waals surface area contributed by atoms with Gasteiger partial charge >= 0.3 is 0 Å². The van der Waals surface area contributed by atoms with Crippen molar-refractivity contribution < 1.29 is 9.47 Å². The summed E-state index contributed by atoms with van der Waals surface area (Å²) in [6.07, 6.45) is 0. The molecular formula is C24H18O2. The zero-order valence-corrected chi connectivity index (χ0v) is 14.2. The van der Waals surface area contributed by atoms with Crippen molar-refractivity contribution in [3.8, 4) is 34.1 Å². The third-order valence-electron chi connectivity index (χ3n) is 4.00. The van der Waals surface area contributed by atoms with Gasteiger partial charge in [0.1, 0.15) is 11.5 Å². The van der Waals surface area contributed by atoms with Crippen molar-refractivity contribution in [1.29, 1.82) is 0 Å². The van der Waals surface area contributed by atoms with Crippen molar-refractivity contribution in [2.24, 2.45) is 0 Å². The van der Waals surface area contributed by atoms with Crippen LogP contribution in [0.3, 0.4) is 0 Å². The maximum absolute atomic E-state index is 6.24. The Hall–Kier alpha value is -3.52. The van der Waals surface area contributed by atoms with Crippen LogP contribution >= 0.6 is 0 Å². The molecule has 0 atom stereocenters. The molecule has 0 heterocycles. The molecule has 4 aromatic carbocycles. The highest BCUT2D eigenvalue weighted by atomic mass is 16.5. The smallest absolute Gasteiger partial charge is 0.177 e. The fraction of sp³-hybridized carbons (Fsp3) is 0. The number of benzene rings is 4. The molecule has 0 spiro atoms. The van der Waals surface area contributed by atoms with Crippen molar-refractivity contribution in [2.75, 3.05) is 0 Å². The molecule has 0 aliphatic heterocycles. The summed E-state index contributed by atoms with van der Waals surface area (Å²) in [6.45, 7) is 0. The van der Waals surface area contributed by atoms with Crippen molar-refractivity contribution in [2.45, 2.75) is 0 Å². The molecule has 0 saturated heterocycles. The van der Waals surface area contributed by atoms with E-state index in [0.717, 1.165) is 22.6 Å². The molecule has 4 rings (SSSR count). The summed E-state index contributed by atoms with van der Waals surface area (Å²) in [5.41, 5.74) is 2.07. The van der Waals surface area contributed by atoms with Crippen LogP contribution in [0.2, 0.25) is 0 Å². The van der Waals surface area contributed by atoms with Crippen LogP contribution in [0.5, 0.6) is 23.0 Å². The lowest BCUT2D eigenvalue weighted by molar-refractivity contribution is 0.420. The third-order valence-corrected chi connectivity index (χ3v) is 4.00. The van der Waals surface area contributed by atoms with Gasteiger partial charge in [-0.2, -0.15) is 0 Å². The average Bonchev–Trinajstić information content (AvgIpc) is 2.71. The Morgan fingerprint density at radius 2 is 0.962 bits per heavy atom. The first kappa shape index (κ1) is 16.0. The third kappa shape index (κ3) is 3.60. The van der Waals surface area contributed by atoms with Crippen LogP contribution in [0.25, 0.3) is 11.1 Å². The normalized spacial score (nSPS) is 10.3. The van der Waals surface area contributed by atoms with Gasteiger partial charge < -0.3 is 9.47 Å². The highest BCUT2D eigenvalue weighted by molar-refractivity contribution is 5.74. The van der Waals surface area contributed by atoms with E-state index in [2.05, 4.69) is 12.1 Å². The zero-order valence-electron chi connectivity index (χ0n) is 14.2. The number of para-hydroxylation sites is 3. The Balaban J connectivity index is 1.80. The van der Waals surface area contributed by atoms with Crippen LogP contribution in [-0.4, -0.2) is 0 Å². The highest BCUT2D eigenvalue weighted by Crippen LogP contribution is 2.42. The van der Waals surface area contributed by atoms with Gasteiger partial charge in [-0.05, 0) is 35.9 Å². The molecule has 126 valence electrons. The van der Waals surface area contributed by atoms with E-state index in [1.165, 1.54) is 0 Å². The molecule has 2 heteroatoms. The van der Waals surface area contributed by atoms with Crippen LogP contribution in [-0.2, 0) is 0 Å². The van der Waals surface area contributed by atoms with Gasteiger partial charge in [0.25, 0.3) is 0 Å². The van der Waals surface area contributed by atoms with Gasteiger partial charge in [0, 0.05) is 5.56 Å². The first-order valence-electron chi connectivity index (χ1n) is 8.54. The summed E-state index contributed by atoms with van der Waals surface area (Å²) < 4.78 is 12.4. The maximum atomic E-state index is 6.24. The van der Waals surface area contributed by atoms with Gasteiger partial charge in [-0.25, -0.2) is 0 Å². The van der Waals surface area contributed by atoms with Crippen LogP contribution < -0.4 is 9.47 Å². The van der Waals surface area contributed by atoms with Crippen molar-refractivity contribution in [1.82, 2.24) is 0 Å². The molecule has 0 bridgehead atoms. The van der Waals surface area contributed by atoms with E-state index in [-0.39, 0.29) is 0 Å². The fourth-order valence-electron chi connectivity index (χ4n) is 2.77. The Morgan fingerprint density at radius 3 is 1.58 bits per heavy atom. The van der Waals surface area contributed by atoms with Crippen molar-refractivity contribution >= 4 is 0 Å². The summed E-state index contributed by atoms with van der Waals surface area (Å²) in [5.74, 6) is 2.93. The Labute approximate surface area is 153 Å². The van der Waals surface area contributed by atoms with E-state index in [4.69, 9.17) is 9.47 Å². The van der Waals surface area contributed by atoms with E-state index in [9.17, 15) is 0 Å². The van der Waals surface area contributed by atoms with E-state index < -0.39 is 0 Å². The lowest BCUT2D eigenvalue weighted by Crippen LogP contribution is -1.93. The molecule has 0 unspecified atom stereocenters. The molecule has 2 nitrogen and oxygen atoms in total. The number of hydrogen-bond donors (Lipinski definition) is 0. The van der Waals surface area contributed by atoms with Gasteiger partial charge in [0.05, 0.1) is 0 Å². The highest BCUT2D eigenvalue weighted by Gasteiger charge is 2.14. The van der Waals surface area contributed by atoms with Crippen LogP contribution in [0, 0.1) is 0 Å². The predicted octanol–water partition coefficient (Wildman–Crippen LogP) is 6.94. The average molecular weight is 338 g/mol. The minimum Gasteiger partial charge on any atom is -0.453 e. The molecular weight excluding hydrogens is 320 g/mol. The minimum absolute atomic E-state index is 0.682. The van der Waals surface area contributed by atoms with E-state index >= 15 is 0 Å². The summed E-state index contributed by atoms with van der Waals surface area (Å²) >= 11 is 0. The molecule has 0 aliphatic carbocycles. The number of hydrogen-bond acceptors (Lipinski definition) is 2. The van der Waals surface area contributed by atoms with Gasteiger partial charge in [-0.15, -0.1) is 0 Å². The van der Waals surface area contributed by atoms with Crippen molar-refractivity contribution in [3.05, 3.63) is 109 Å². The van der Waals surface area contributed by atoms with Gasteiger partial charge in [-0.1, -0.05) is 78.9 Å².